The van der Waals surface area contributed by atoms with E-state index in [2.05, 4.69) is 21.3 Å². The van der Waals surface area contributed by atoms with Gasteiger partial charge in [-0.2, -0.15) is 0 Å². The van der Waals surface area contributed by atoms with Gasteiger partial charge in [0.1, 0.15) is 0 Å². The fourth-order valence-corrected chi connectivity index (χ4v) is 1.93. The number of rotatable bonds is 8. The van der Waals surface area contributed by atoms with Crippen molar-refractivity contribution in [3.8, 4) is 0 Å². The predicted molar refractivity (Wildman–Crippen MR) is 92.3 cm³/mol. The van der Waals surface area contributed by atoms with Crippen LogP contribution in [0.2, 0.25) is 0 Å². The molecule has 0 atom stereocenters. The molecule has 1 rings (SSSR count). The Morgan fingerprint density at radius 3 is 1.96 bits per heavy atom. The van der Waals surface area contributed by atoms with Crippen molar-refractivity contribution in [3.63, 3.8) is 0 Å². The highest BCUT2D eigenvalue weighted by Crippen LogP contribution is 2.19. The molecule has 1 aromatic rings. The van der Waals surface area contributed by atoms with Gasteiger partial charge in [-0.25, -0.2) is 0 Å². The molecule has 0 spiro atoms. The predicted octanol–water partition coefficient (Wildman–Crippen LogP) is 0.0958. The average Bonchev–Trinajstić information content (AvgIpc) is 2.51. The number of nitrogens with one attached hydrogen (secondary N) is 4. The van der Waals surface area contributed by atoms with Crippen molar-refractivity contribution in [2.45, 2.75) is 13.8 Å². The number of amides is 4. The summed E-state index contributed by atoms with van der Waals surface area (Å²) in [5.41, 5.74) is 0.904. The molecule has 0 fully saturated rings. The standard InChI is InChI=1S/C16H22N4O5/c1-10(21)19-13-6-12(7-14(8-13)20-11(2)22)16(24)18-9-15(23)17-4-5-25-3/h6-8H,4-5,9H2,1-3H3,(H,17,23)(H,18,24)(H,19,21)(H,20,22). The smallest absolute Gasteiger partial charge is 0.251 e. The summed E-state index contributed by atoms with van der Waals surface area (Å²) in [5.74, 6) is -1.50. The summed E-state index contributed by atoms with van der Waals surface area (Å²) < 4.78 is 4.81. The second-order valence-corrected chi connectivity index (χ2v) is 5.19. The zero-order chi connectivity index (χ0) is 18.8. The Balaban J connectivity index is 2.79. The molecule has 0 aliphatic carbocycles. The zero-order valence-electron chi connectivity index (χ0n) is 14.4. The molecular weight excluding hydrogens is 328 g/mol. The van der Waals surface area contributed by atoms with Crippen LogP contribution in [0.4, 0.5) is 11.4 Å². The Hall–Kier alpha value is -2.94. The van der Waals surface area contributed by atoms with Crippen molar-refractivity contribution in [1.82, 2.24) is 10.6 Å². The highest BCUT2D eigenvalue weighted by Gasteiger charge is 2.12. The second kappa shape index (κ2) is 10.0. The van der Waals surface area contributed by atoms with Crippen LogP contribution in [-0.2, 0) is 19.1 Å². The van der Waals surface area contributed by atoms with Gasteiger partial charge in [0.25, 0.3) is 5.91 Å². The minimum atomic E-state index is -0.513. The van der Waals surface area contributed by atoms with E-state index in [1.165, 1.54) is 39.2 Å². The van der Waals surface area contributed by atoms with E-state index < -0.39 is 5.91 Å². The van der Waals surface area contributed by atoms with Gasteiger partial charge < -0.3 is 26.0 Å². The lowest BCUT2D eigenvalue weighted by Gasteiger charge is -2.11. The van der Waals surface area contributed by atoms with E-state index >= 15 is 0 Å². The second-order valence-electron chi connectivity index (χ2n) is 5.19. The van der Waals surface area contributed by atoms with E-state index in [9.17, 15) is 19.2 Å². The summed E-state index contributed by atoms with van der Waals surface area (Å²) in [6, 6.07) is 4.42. The Bertz CT molecular complexity index is 626. The third-order valence-corrected chi connectivity index (χ3v) is 2.87. The van der Waals surface area contributed by atoms with E-state index in [1.54, 1.807) is 0 Å². The number of hydrogen-bond acceptors (Lipinski definition) is 5. The quantitative estimate of drug-likeness (QED) is 0.495. The lowest BCUT2D eigenvalue weighted by atomic mass is 10.1. The maximum Gasteiger partial charge on any atom is 0.251 e. The molecule has 4 N–H and O–H groups in total. The fourth-order valence-electron chi connectivity index (χ4n) is 1.93. The lowest BCUT2D eigenvalue weighted by molar-refractivity contribution is -0.120. The van der Waals surface area contributed by atoms with Crippen LogP contribution in [0.15, 0.2) is 18.2 Å². The molecule has 9 heteroatoms. The van der Waals surface area contributed by atoms with E-state index in [0.717, 1.165) is 0 Å². The summed E-state index contributed by atoms with van der Waals surface area (Å²) >= 11 is 0. The van der Waals surface area contributed by atoms with Crippen LogP contribution in [0.3, 0.4) is 0 Å². The van der Waals surface area contributed by atoms with E-state index in [0.29, 0.717) is 24.5 Å². The molecule has 25 heavy (non-hydrogen) atoms. The number of benzene rings is 1. The van der Waals surface area contributed by atoms with Crippen LogP contribution in [0.5, 0.6) is 0 Å². The molecule has 0 radical (unpaired) electrons. The van der Waals surface area contributed by atoms with E-state index in [4.69, 9.17) is 4.74 Å². The first-order chi connectivity index (χ1) is 11.8. The lowest BCUT2D eigenvalue weighted by Crippen LogP contribution is -2.38. The number of hydrogen-bond donors (Lipinski definition) is 4. The van der Waals surface area contributed by atoms with Crippen LogP contribution >= 0.6 is 0 Å². The van der Waals surface area contributed by atoms with Gasteiger partial charge in [-0.3, -0.25) is 19.2 Å². The summed E-state index contributed by atoms with van der Waals surface area (Å²) in [7, 11) is 1.52. The van der Waals surface area contributed by atoms with Crippen molar-refractivity contribution in [2.24, 2.45) is 0 Å². The van der Waals surface area contributed by atoms with Crippen LogP contribution < -0.4 is 21.3 Å². The van der Waals surface area contributed by atoms with Crippen molar-refractivity contribution in [1.29, 1.82) is 0 Å². The topological polar surface area (TPSA) is 126 Å². The van der Waals surface area contributed by atoms with Crippen molar-refractivity contribution in [3.05, 3.63) is 23.8 Å². The molecule has 0 heterocycles. The Labute approximate surface area is 145 Å². The minimum Gasteiger partial charge on any atom is -0.383 e. The van der Waals surface area contributed by atoms with Gasteiger partial charge in [0.15, 0.2) is 0 Å². The Kier molecular flexibility index (Phi) is 8.07. The minimum absolute atomic E-state index is 0.194. The first kappa shape index (κ1) is 20.1. The summed E-state index contributed by atoms with van der Waals surface area (Å²) in [6.45, 7) is 3.17. The maximum absolute atomic E-state index is 12.2. The fraction of sp³-hybridized carbons (Fsp3) is 0.375. The first-order valence-corrected chi connectivity index (χ1v) is 7.56. The summed E-state index contributed by atoms with van der Waals surface area (Å²) in [6.07, 6.45) is 0. The zero-order valence-corrected chi connectivity index (χ0v) is 14.4. The van der Waals surface area contributed by atoms with Gasteiger partial charge in [-0.1, -0.05) is 0 Å². The highest BCUT2D eigenvalue weighted by atomic mass is 16.5. The molecule has 0 saturated heterocycles. The molecule has 0 bridgehead atoms. The van der Waals surface area contributed by atoms with Crippen LogP contribution in [0.1, 0.15) is 24.2 Å². The van der Waals surface area contributed by atoms with Gasteiger partial charge in [-0.15, -0.1) is 0 Å². The molecular formula is C16H22N4O5. The van der Waals surface area contributed by atoms with Gasteiger partial charge in [-0.05, 0) is 18.2 Å². The van der Waals surface area contributed by atoms with Crippen molar-refractivity contribution in [2.75, 3.05) is 37.4 Å². The number of ether oxygens (including phenoxy) is 1. The van der Waals surface area contributed by atoms with E-state index in [-0.39, 0.29) is 29.8 Å². The Morgan fingerprint density at radius 2 is 1.48 bits per heavy atom. The molecule has 0 aliphatic rings. The number of carbonyl (C=O) groups is 4. The number of carbonyl (C=O) groups excluding carboxylic acids is 4. The van der Waals surface area contributed by atoms with Crippen LogP contribution in [0.25, 0.3) is 0 Å². The first-order valence-electron chi connectivity index (χ1n) is 7.56. The Morgan fingerprint density at radius 1 is 0.920 bits per heavy atom. The average molecular weight is 350 g/mol. The van der Waals surface area contributed by atoms with Gasteiger partial charge in [0.05, 0.1) is 13.2 Å². The SMILES string of the molecule is COCCNC(=O)CNC(=O)c1cc(NC(C)=O)cc(NC(C)=O)c1. The molecule has 0 unspecified atom stereocenters. The summed E-state index contributed by atoms with van der Waals surface area (Å²) in [4.78, 5) is 46.2. The molecule has 1 aromatic carbocycles. The molecule has 0 aromatic heterocycles. The largest absolute Gasteiger partial charge is 0.383 e. The molecule has 0 aliphatic heterocycles. The number of anilines is 2. The highest BCUT2D eigenvalue weighted by molar-refractivity contribution is 6.01. The molecule has 136 valence electrons. The maximum atomic E-state index is 12.2. The third-order valence-electron chi connectivity index (χ3n) is 2.87. The van der Waals surface area contributed by atoms with Crippen LogP contribution in [-0.4, -0.2) is 50.4 Å². The number of methoxy groups -OCH3 is 1. The van der Waals surface area contributed by atoms with E-state index in [1.807, 2.05) is 0 Å². The molecule has 9 nitrogen and oxygen atoms in total. The normalized spacial score (nSPS) is 9.88. The third kappa shape index (κ3) is 7.93. The molecule has 0 saturated carbocycles. The van der Waals surface area contributed by atoms with Gasteiger partial charge >= 0.3 is 0 Å². The van der Waals surface area contributed by atoms with Crippen molar-refractivity contribution >= 4 is 35.0 Å². The molecule has 4 amide bonds. The monoisotopic (exact) mass is 350 g/mol. The summed E-state index contributed by atoms with van der Waals surface area (Å²) in [5, 5.41) is 10.1. The van der Waals surface area contributed by atoms with Crippen molar-refractivity contribution < 1.29 is 23.9 Å². The van der Waals surface area contributed by atoms with Gasteiger partial charge in [0.2, 0.25) is 17.7 Å². The van der Waals surface area contributed by atoms with Gasteiger partial charge in [0, 0.05) is 44.4 Å². The van der Waals surface area contributed by atoms with Crippen LogP contribution in [0, 0.1) is 0 Å².